The van der Waals surface area contributed by atoms with Crippen LogP contribution >= 0.6 is 0 Å². The molecule has 1 unspecified atom stereocenters. The highest BCUT2D eigenvalue weighted by Crippen LogP contribution is 2.05. The molecule has 80 valence electrons. The third-order valence-corrected chi connectivity index (χ3v) is 1.60. The Morgan fingerprint density at radius 1 is 1.31 bits per heavy atom. The van der Waals surface area contributed by atoms with Crippen molar-refractivity contribution >= 4 is 5.97 Å². The van der Waals surface area contributed by atoms with Crippen LogP contribution in [0.15, 0.2) is 0 Å². The zero-order chi connectivity index (χ0) is 10.9. The Balaban J connectivity index is 0. The minimum Gasteiger partial charge on any atom is -0.481 e. The maximum Gasteiger partial charge on any atom is 0.306 e. The number of aliphatic carboxylic acids is 1. The van der Waals surface area contributed by atoms with E-state index >= 15 is 0 Å². The molecule has 4 heteroatoms. The van der Waals surface area contributed by atoms with E-state index in [4.69, 9.17) is 15.3 Å². The van der Waals surface area contributed by atoms with Gasteiger partial charge in [0, 0.05) is 0 Å². The van der Waals surface area contributed by atoms with E-state index in [-0.39, 0.29) is 12.5 Å². The summed E-state index contributed by atoms with van der Waals surface area (Å²) in [7, 11) is 0. The van der Waals surface area contributed by atoms with Gasteiger partial charge in [-0.05, 0) is 19.8 Å². The van der Waals surface area contributed by atoms with Crippen LogP contribution in [0.25, 0.3) is 0 Å². The highest BCUT2D eigenvalue weighted by molar-refractivity contribution is 5.69. The summed E-state index contributed by atoms with van der Waals surface area (Å²) in [5.41, 5.74) is 0. The van der Waals surface area contributed by atoms with Gasteiger partial charge in [0.05, 0.1) is 18.6 Å². The fraction of sp³-hybridized carbons (Fsp3) is 0.889. The molecule has 4 nitrogen and oxygen atoms in total. The molecule has 0 saturated carbocycles. The first kappa shape index (κ1) is 14.9. The predicted molar refractivity (Wildman–Crippen MR) is 50.5 cm³/mol. The lowest BCUT2D eigenvalue weighted by molar-refractivity contribution is -0.141. The second kappa shape index (κ2) is 9.48. The Kier molecular flexibility index (Phi) is 10.9. The van der Waals surface area contributed by atoms with Gasteiger partial charge in [-0.2, -0.15) is 0 Å². The number of aliphatic hydroxyl groups is 2. The molecule has 0 aliphatic rings. The first-order valence-corrected chi connectivity index (χ1v) is 4.51. The standard InChI is InChI=1S/C6H12O2.C3H8O2/c1-3-5(4-2)6(7)8;1-3(5)2-4/h5H,3-4H2,1-2H3,(H,7,8);3-5H,2H2,1H3. The molecule has 0 aliphatic carbocycles. The van der Waals surface area contributed by atoms with Gasteiger partial charge in [0.15, 0.2) is 0 Å². The molecule has 0 aliphatic heterocycles. The van der Waals surface area contributed by atoms with Gasteiger partial charge in [-0.25, -0.2) is 0 Å². The molecular weight excluding hydrogens is 172 g/mol. The fourth-order valence-electron chi connectivity index (χ4n) is 0.638. The predicted octanol–water partition coefficient (Wildman–Crippen LogP) is 0.867. The SMILES string of the molecule is CC(O)CO.CCC(CC)C(=O)O. The van der Waals surface area contributed by atoms with Gasteiger partial charge in [-0.1, -0.05) is 13.8 Å². The number of hydrogen-bond acceptors (Lipinski definition) is 3. The van der Waals surface area contributed by atoms with Crippen LogP contribution in [0.3, 0.4) is 0 Å². The molecule has 0 aromatic rings. The fourth-order valence-corrected chi connectivity index (χ4v) is 0.638. The van der Waals surface area contributed by atoms with Crippen molar-refractivity contribution < 1.29 is 20.1 Å². The highest BCUT2D eigenvalue weighted by Gasteiger charge is 2.10. The van der Waals surface area contributed by atoms with Crippen LogP contribution in [-0.4, -0.2) is 34.0 Å². The molecule has 0 aromatic carbocycles. The van der Waals surface area contributed by atoms with Crippen LogP contribution in [0.5, 0.6) is 0 Å². The highest BCUT2D eigenvalue weighted by atomic mass is 16.4. The summed E-state index contributed by atoms with van der Waals surface area (Å²) < 4.78 is 0. The molecular formula is C9H20O4. The van der Waals surface area contributed by atoms with Gasteiger partial charge in [-0.15, -0.1) is 0 Å². The molecule has 0 aromatic heterocycles. The van der Waals surface area contributed by atoms with Crippen LogP contribution in [0, 0.1) is 5.92 Å². The number of carboxylic acid groups (broad SMARTS) is 1. The average molecular weight is 192 g/mol. The molecule has 0 bridgehead atoms. The lowest BCUT2D eigenvalue weighted by atomic mass is 10.1. The second-order valence-corrected chi connectivity index (χ2v) is 2.88. The largest absolute Gasteiger partial charge is 0.481 e. The van der Waals surface area contributed by atoms with E-state index in [0.29, 0.717) is 0 Å². The smallest absolute Gasteiger partial charge is 0.306 e. The van der Waals surface area contributed by atoms with Gasteiger partial charge >= 0.3 is 5.97 Å². The lowest BCUT2D eigenvalue weighted by Gasteiger charge is -2.02. The van der Waals surface area contributed by atoms with Crippen LogP contribution in [-0.2, 0) is 4.79 Å². The zero-order valence-corrected chi connectivity index (χ0v) is 8.53. The van der Waals surface area contributed by atoms with Crippen LogP contribution in [0.1, 0.15) is 33.6 Å². The summed E-state index contributed by atoms with van der Waals surface area (Å²) >= 11 is 0. The van der Waals surface area contributed by atoms with E-state index in [1.165, 1.54) is 6.92 Å². The van der Waals surface area contributed by atoms with Crippen LogP contribution in [0.2, 0.25) is 0 Å². The Hall–Kier alpha value is -0.610. The number of hydrogen-bond donors (Lipinski definition) is 3. The molecule has 0 radical (unpaired) electrons. The topological polar surface area (TPSA) is 77.8 Å². The van der Waals surface area contributed by atoms with E-state index in [1.54, 1.807) is 0 Å². The third kappa shape index (κ3) is 11.4. The van der Waals surface area contributed by atoms with E-state index in [0.717, 1.165) is 12.8 Å². The number of carboxylic acids is 1. The summed E-state index contributed by atoms with van der Waals surface area (Å²) in [6.07, 6.45) is 0.924. The van der Waals surface area contributed by atoms with Crippen molar-refractivity contribution in [3.05, 3.63) is 0 Å². The van der Waals surface area contributed by atoms with Crippen LogP contribution < -0.4 is 0 Å². The second-order valence-electron chi connectivity index (χ2n) is 2.88. The van der Waals surface area contributed by atoms with Gasteiger partial charge in [0.25, 0.3) is 0 Å². The Labute approximate surface area is 79.2 Å². The molecule has 0 heterocycles. The van der Waals surface area contributed by atoms with Gasteiger partial charge < -0.3 is 15.3 Å². The summed E-state index contributed by atoms with van der Waals surface area (Å²) in [6, 6.07) is 0. The normalized spacial score (nSPS) is 11.8. The number of aliphatic hydroxyl groups excluding tert-OH is 2. The molecule has 13 heavy (non-hydrogen) atoms. The van der Waals surface area contributed by atoms with Crippen molar-refractivity contribution in [2.75, 3.05) is 6.61 Å². The summed E-state index contributed by atoms with van der Waals surface area (Å²) in [5.74, 6) is -0.801. The monoisotopic (exact) mass is 192 g/mol. The van der Waals surface area contributed by atoms with Crippen molar-refractivity contribution in [1.29, 1.82) is 0 Å². The average Bonchev–Trinajstić information content (AvgIpc) is 2.07. The van der Waals surface area contributed by atoms with Crippen molar-refractivity contribution in [2.45, 2.75) is 39.7 Å². The van der Waals surface area contributed by atoms with Crippen molar-refractivity contribution in [1.82, 2.24) is 0 Å². The van der Waals surface area contributed by atoms with E-state index in [9.17, 15) is 4.79 Å². The van der Waals surface area contributed by atoms with E-state index in [2.05, 4.69) is 0 Å². The van der Waals surface area contributed by atoms with Gasteiger partial charge in [-0.3, -0.25) is 4.79 Å². The molecule has 0 saturated heterocycles. The molecule has 3 N–H and O–H groups in total. The quantitative estimate of drug-likeness (QED) is 0.617. The third-order valence-electron chi connectivity index (χ3n) is 1.60. The Morgan fingerprint density at radius 3 is 1.62 bits per heavy atom. The van der Waals surface area contributed by atoms with Crippen molar-refractivity contribution in [2.24, 2.45) is 5.92 Å². The summed E-state index contributed by atoms with van der Waals surface area (Å²) in [4.78, 5) is 10.2. The first-order chi connectivity index (χ1) is 5.99. The summed E-state index contributed by atoms with van der Waals surface area (Å²) in [6.45, 7) is 5.17. The molecule has 0 fully saturated rings. The first-order valence-electron chi connectivity index (χ1n) is 4.51. The summed E-state index contributed by atoms with van der Waals surface area (Å²) in [5, 5.41) is 24.4. The lowest BCUT2D eigenvalue weighted by Crippen LogP contribution is -2.10. The zero-order valence-electron chi connectivity index (χ0n) is 8.53. The van der Waals surface area contributed by atoms with E-state index < -0.39 is 12.1 Å². The van der Waals surface area contributed by atoms with Gasteiger partial charge in [0.2, 0.25) is 0 Å². The number of rotatable bonds is 4. The molecule has 1 atom stereocenters. The van der Waals surface area contributed by atoms with E-state index in [1.807, 2.05) is 13.8 Å². The van der Waals surface area contributed by atoms with Gasteiger partial charge in [0.1, 0.15) is 0 Å². The van der Waals surface area contributed by atoms with Crippen molar-refractivity contribution in [3.8, 4) is 0 Å². The molecule has 0 amide bonds. The maximum atomic E-state index is 10.2. The Bertz CT molecular complexity index is 119. The maximum absolute atomic E-state index is 10.2. The Morgan fingerprint density at radius 2 is 1.62 bits per heavy atom. The minimum atomic E-state index is -0.671. The molecule has 0 spiro atoms. The molecule has 0 rings (SSSR count). The van der Waals surface area contributed by atoms with Crippen molar-refractivity contribution in [3.63, 3.8) is 0 Å². The number of carbonyl (C=O) groups is 1. The van der Waals surface area contributed by atoms with Crippen LogP contribution in [0.4, 0.5) is 0 Å². The minimum absolute atomic E-state index is 0.130.